The zero-order valence-electron chi connectivity index (χ0n) is 11.5. The standard InChI is InChI=1S/C14H17BrO5/c1-6-14(17)10(16)5-9(20-6)11-8(18-2)4-7(15)13(19-3)12(11)14/h4,6,9-10,16-17H,5H2,1-3H3/t6-,9-,10-,14+/m1/s1. The van der Waals surface area contributed by atoms with Gasteiger partial charge in [0.1, 0.15) is 17.1 Å². The highest BCUT2D eigenvalue weighted by molar-refractivity contribution is 9.10. The Hall–Kier alpha value is -0.820. The van der Waals surface area contributed by atoms with Gasteiger partial charge in [0, 0.05) is 17.5 Å². The maximum atomic E-state index is 11.0. The molecule has 2 N–H and O–H groups in total. The lowest BCUT2D eigenvalue weighted by Crippen LogP contribution is -2.58. The summed E-state index contributed by atoms with van der Waals surface area (Å²) < 4.78 is 17.3. The highest BCUT2D eigenvalue weighted by atomic mass is 79.9. The number of aliphatic hydroxyl groups excluding tert-OH is 1. The normalized spacial score (nSPS) is 34.8. The van der Waals surface area contributed by atoms with Crippen molar-refractivity contribution in [3.63, 3.8) is 0 Å². The summed E-state index contributed by atoms with van der Waals surface area (Å²) in [5, 5.41) is 21.3. The Morgan fingerprint density at radius 1 is 1.40 bits per heavy atom. The van der Waals surface area contributed by atoms with Gasteiger partial charge in [0.05, 0.1) is 37.0 Å². The third-order valence-corrected chi connectivity index (χ3v) is 4.91. The number of ether oxygens (including phenoxy) is 3. The third-order valence-electron chi connectivity index (χ3n) is 4.32. The zero-order valence-corrected chi connectivity index (χ0v) is 13.1. The Morgan fingerprint density at radius 3 is 2.65 bits per heavy atom. The van der Waals surface area contributed by atoms with Crippen LogP contribution in [0.1, 0.15) is 30.6 Å². The smallest absolute Gasteiger partial charge is 0.145 e. The van der Waals surface area contributed by atoms with Crippen LogP contribution in [-0.4, -0.2) is 36.6 Å². The van der Waals surface area contributed by atoms with Crippen molar-refractivity contribution in [3.05, 3.63) is 21.7 Å². The van der Waals surface area contributed by atoms with Gasteiger partial charge in [0.2, 0.25) is 0 Å². The molecule has 2 aliphatic heterocycles. The van der Waals surface area contributed by atoms with E-state index >= 15 is 0 Å². The molecule has 0 amide bonds. The predicted octanol–water partition coefficient (Wildman–Crippen LogP) is 1.88. The number of aliphatic hydroxyl groups is 2. The topological polar surface area (TPSA) is 68.2 Å². The predicted molar refractivity (Wildman–Crippen MR) is 75.1 cm³/mol. The lowest BCUT2D eigenvalue weighted by Gasteiger charge is -2.52. The van der Waals surface area contributed by atoms with Crippen LogP contribution in [0.2, 0.25) is 0 Å². The molecule has 0 saturated carbocycles. The van der Waals surface area contributed by atoms with Crippen LogP contribution in [0.5, 0.6) is 11.5 Å². The summed E-state index contributed by atoms with van der Waals surface area (Å²) in [6, 6.07) is 1.79. The summed E-state index contributed by atoms with van der Waals surface area (Å²) in [5.41, 5.74) is -0.167. The molecule has 2 heterocycles. The molecular formula is C14H17BrO5. The van der Waals surface area contributed by atoms with Gasteiger partial charge in [-0.25, -0.2) is 0 Å². The highest BCUT2D eigenvalue weighted by Crippen LogP contribution is 2.58. The van der Waals surface area contributed by atoms with E-state index in [9.17, 15) is 10.2 Å². The fourth-order valence-corrected chi connectivity index (χ4v) is 3.89. The van der Waals surface area contributed by atoms with E-state index in [2.05, 4.69) is 15.9 Å². The van der Waals surface area contributed by atoms with E-state index in [0.717, 1.165) is 5.56 Å². The van der Waals surface area contributed by atoms with Crippen LogP contribution < -0.4 is 9.47 Å². The minimum atomic E-state index is -1.49. The van der Waals surface area contributed by atoms with Crippen molar-refractivity contribution in [1.82, 2.24) is 0 Å². The number of rotatable bonds is 2. The second-order valence-corrected chi connectivity index (χ2v) is 6.08. The highest BCUT2D eigenvalue weighted by Gasteiger charge is 2.58. The lowest BCUT2D eigenvalue weighted by molar-refractivity contribution is -0.246. The maximum absolute atomic E-state index is 11.0. The zero-order chi connectivity index (χ0) is 14.7. The van der Waals surface area contributed by atoms with Gasteiger partial charge in [-0.15, -0.1) is 0 Å². The molecule has 110 valence electrons. The number of methoxy groups -OCH3 is 2. The molecule has 1 fully saturated rings. The average molecular weight is 345 g/mol. The molecule has 2 bridgehead atoms. The Labute approximate surface area is 125 Å². The van der Waals surface area contributed by atoms with Crippen molar-refractivity contribution in [2.45, 2.75) is 37.3 Å². The summed E-state index contributed by atoms with van der Waals surface area (Å²) in [5.74, 6) is 1.14. The second-order valence-electron chi connectivity index (χ2n) is 5.23. The first kappa shape index (κ1) is 14.1. The first-order chi connectivity index (χ1) is 9.44. The molecule has 1 aromatic rings. The molecule has 0 aromatic heterocycles. The van der Waals surface area contributed by atoms with Gasteiger partial charge < -0.3 is 24.4 Å². The van der Waals surface area contributed by atoms with Crippen molar-refractivity contribution in [2.24, 2.45) is 0 Å². The second kappa shape index (κ2) is 4.59. The summed E-state index contributed by atoms with van der Waals surface area (Å²) in [4.78, 5) is 0. The van der Waals surface area contributed by atoms with Crippen LogP contribution in [0, 0.1) is 0 Å². The monoisotopic (exact) mass is 344 g/mol. The molecule has 20 heavy (non-hydrogen) atoms. The number of benzene rings is 1. The van der Waals surface area contributed by atoms with Gasteiger partial charge in [0.25, 0.3) is 0 Å². The van der Waals surface area contributed by atoms with E-state index in [-0.39, 0.29) is 6.10 Å². The first-order valence-corrected chi connectivity index (χ1v) is 7.25. The van der Waals surface area contributed by atoms with Crippen molar-refractivity contribution in [3.8, 4) is 11.5 Å². The molecule has 4 atom stereocenters. The Bertz CT molecular complexity index is 547. The Kier molecular flexibility index (Phi) is 3.25. The van der Waals surface area contributed by atoms with Gasteiger partial charge in [-0.3, -0.25) is 0 Å². The van der Waals surface area contributed by atoms with Gasteiger partial charge in [-0.1, -0.05) is 0 Å². The summed E-state index contributed by atoms with van der Waals surface area (Å²) in [6.45, 7) is 1.76. The van der Waals surface area contributed by atoms with Crippen LogP contribution in [0.25, 0.3) is 0 Å². The molecule has 0 spiro atoms. The molecule has 0 unspecified atom stereocenters. The lowest BCUT2D eigenvalue weighted by atomic mass is 9.69. The average Bonchev–Trinajstić information content (AvgIpc) is 2.41. The van der Waals surface area contributed by atoms with Crippen LogP contribution >= 0.6 is 15.9 Å². The van der Waals surface area contributed by atoms with Crippen LogP contribution in [0.3, 0.4) is 0 Å². The number of halogens is 1. The summed E-state index contributed by atoms with van der Waals surface area (Å²) in [7, 11) is 3.11. The molecule has 1 saturated heterocycles. The van der Waals surface area contributed by atoms with E-state index in [4.69, 9.17) is 14.2 Å². The molecule has 4 rings (SSSR count). The van der Waals surface area contributed by atoms with Crippen LogP contribution in [0.15, 0.2) is 10.5 Å². The van der Waals surface area contributed by atoms with Crippen molar-refractivity contribution in [1.29, 1.82) is 0 Å². The number of hydrogen-bond acceptors (Lipinski definition) is 5. The van der Waals surface area contributed by atoms with Crippen LogP contribution in [-0.2, 0) is 10.3 Å². The van der Waals surface area contributed by atoms with E-state index in [1.54, 1.807) is 20.1 Å². The van der Waals surface area contributed by atoms with E-state index in [1.165, 1.54) is 7.11 Å². The number of fused-ring (bicyclic) bond motifs is 2. The molecule has 0 radical (unpaired) electrons. The molecule has 1 aromatic carbocycles. The minimum Gasteiger partial charge on any atom is -0.496 e. The number of hydrogen-bond donors (Lipinski definition) is 2. The molecule has 6 heteroatoms. The fourth-order valence-electron chi connectivity index (χ4n) is 3.32. The maximum Gasteiger partial charge on any atom is 0.145 e. The van der Waals surface area contributed by atoms with E-state index < -0.39 is 17.8 Å². The van der Waals surface area contributed by atoms with Crippen molar-refractivity contribution in [2.75, 3.05) is 14.2 Å². The summed E-state index contributed by atoms with van der Waals surface area (Å²) >= 11 is 3.42. The van der Waals surface area contributed by atoms with Gasteiger partial charge in [-0.05, 0) is 28.9 Å². The van der Waals surface area contributed by atoms with Crippen LogP contribution in [0.4, 0.5) is 0 Å². The Morgan fingerprint density at radius 2 is 2.10 bits per heavy atom. The quantitative estimate of drug-likeness (QED) is 0.857. The Balaban J connectivity index is 2.37. The van der Waals surface area contributed by atoms with Gasteiger partial charge >= 0.3 is 0 Å². The first-order valence-electron chi connectivity index (χ1n) is 6.45. The molecule has 1 aliphatic carbocycles. The largest absolute Gasteiger partial charge is 0.496 e. The minimum absolute atomic E-state index is 0.305. The van der Waals surface area contributed by atoms with E-state index in [0.29, 0.717) is 28.0 Å². The fraction of sp³-hybridized carbons (Fsp3) is 0.571. The van der Waals surface area contributed by atoms with Gasteiger partial charge in [-0.2, -0.15) is 0 Å². The summed E-state index contributed by atoms with van der Waals surface area (Å²) in [6.07, 6.45) is -1.37. The SMILES string of the molecule is COc1cc(Br)c(OC)c2c1[C@H]1C[C@@H](O)[C@@]2(O)[C@@H](C)O1. The van der Waals surface area contributed by atoms with E-state index in [1.807, 2.05) is 0 Å². The van der Waals surface area contributed by atoms with Crippen molar-refractivity contribution >= 4 is 15.9 Å². The molecule has 3 aliphatic rings. The van der Waals surface area contributed by atoms with Crippen molar-refractivity contribution < 1.29 is 24.4 Å². The third kappa shape index (κ3) is 1.59. The van der Waals surface area contributed by atoms with Gasteiger partial charge in [0.15, 0.2) is 0 Å². The molecular weight excluding hydrogens is 328 g/mol. The molecule has 5 nitrogen and oxygen atoms in total.